The van der Waals surface area contributed by atoms with Gasteiger partial charge in [-0.2, -0.15) is 0 Å². The first kappa shape index (κ1) is 18.0. The fourth-order valence-electron chi connectivity index (χ4n) is 4.40. The highest BCUT2D eigenvalue weighted by Gasteiger charge is 2.42. The third kappa shape index (κ3) is 5.33. The largest absolute Gasteiger partial charge is 0.598 e. The normalized spacial score (nSPS) is 32.1. The molecule has 134 valence electrons. The van der Waals surface area contributed by atoms with Crippen molar-refractivity contribution < 1.29 is 9.29 Å². The summed E-state index contributed by atoms with van der Waals surface area (Å²) in [5.74, 6) is 4.38. The Labute approximate surface area is 145 Å². The molecular weight excluding hydrogens is 308 g/mol. The topological polar surface area (TPSA) is 47.6 Å². The van der Waals surface area contributed by atoms with Crippen molar-refractivity contribution in [3.8, 4) is 0 Å². The van der Waals surface area contributed by atoms with Gasteiger partial charge < -0.3 is 14.6 Å². The Kier molecular flexibility index (Phi) is 7.08. The SMILES string of the molecule is CC[S+]([O-])N1CCC(COCCC2CC2C2CCNCC2)CC1. The molecule has 0 bridgehead atoms. The Morgan fingerprint density at radius 2 is 1.91 bits per heavy atom. The number of nitrogens with one attached hydrogen (secondary N) is 1. The lowest BCUT2D eigenvalue weighted by Gasteiger charge is -2.31. The first-order valence-electron chi connectivity index (χ1n) is 9.69. The van der Waals surface area contributed by atoms with Crippen molar-refractivity contribution >= 4 is 11.4 Å². The van der Waals surface area contributed by atoms with E-state index in [1.54, 1.807) is 0 Å². The number of nitrogens with zero attached hydrogens (tertiary/aromatic N) is 1. The molecule has 1 aliphatic carbocycles. The minimum Gasteiger partial charge on any atom is -0.598 e. The Morgan fingerprint density at radius 3 is 2.61 bits per heavy atom. The molecule has 1 N–H and O–H groups in total. The fourth-order valence-corrected chi connectivity index (χ4v) is 5.38. The van der Waals surface area contributed by atoms with Gasteiger partial charge in [0, 0.05) is 37.7 Å². The summed E-state index contributed by atoms with van der Waals surface area (Å²) >= 11 is -0.752. The number of rotatable bonds is 8. The third-order valence-corrected chi connectivity index (χ3v) is 7.50. The molecule has 3 rings (SSSR count). The van der Waals surface area contributed by atoms with Gasteiger partial charge in [0.15, 0.2) is 0 Å². The summed E-state index contributed by atoms with van der Waals surface area (Å²) in [5.41, 5.74) is 0. The summed E-state index contributed by atoms with van der Waals surface area (Å²) in [6.45, 7) is 8.28. The second-order valence-corrected chi connectivity index (χ2v) is 9.33. The molecule has 3 unspecified atom stereocenters. The van der Waals surface area contributed by atoms with Crippen molar-refractivity contribution in [2.45, 2.75) is 45.4 Å². The van der Waals surface area contributed by atoms with Crippen LogP contribution in [0.25, 0.3) is 0 Å². The van der Waals surface area contributed by atoms with E-state index in [0.29, 0.717) is 5.92 Å². The number of ether oxygens (including phenoxy) is 1. The summed E-state index contributed by atoms with van der Waals surface area (Å²) < 4.78 is 19.9. The van der Waals surface area contributed by atoms with Crippen LogP contribution in [0.2, 0.25) is 0 Å². The summed E-state index contributed by atoms with van der Waals surface area (Å²) in [6, 6.07) is 0. The Bertz CT molecular complexity index is 344. The van der Waals surface area contributed by atoms with Crippen molar-refractivity contribution in [1.82, 2.24) is 9.62 Å². The molecular formula is C18H34N2O2S. The second kappa shape index (κ2) is 9.04. The zero-order chi connectivity index (χ0) is 16.1. The number of hydrogen-bond acceptors (Lipinski definition) is 4. The molecule has 0 radical (unpaired) electrons. The van der Waals surface area contributed by atoms with Crippen molar-refractivity contribution in [2.24, 2.45) is 23.7 Å². The van der Waals surface area contributed by atoms with Crippen LogP contribution in [0, 0.1) is 23.7 Å². The quantitative estimate of drug-likeness (QED) is 0.544. The van der Waals surface area contributed by atoms with Crippen LogP contribution in [0.1, 0.15) is 45.4 Å². The van der Waals surface area contributed by atoms with E-state index in [9.17, 15) is 4.55 Å². The van der Waals surface area contributed by atoms with E-state index >= 15 is 0 Å². The minimum absolute atomic E-state index is 0.680. The smallest absolute Gasteiger partial charge is 0.123 e. The average molecular weight is 343 g/mol. The van der Waals surface area contributed by atoms with Gasteiger partial charge in [0.1, 0.15) is 5.75 Å². The highest BCUT2D eigenvalue weighted by Crippen LogP contribution is 2.49. The summed E-state index contributed by atoms with van der Waals surface area (Å²) in [5, 5.41) is 3.47. The van der Waals surface area contributed by atoms with Gasteiger partial charge in [-0.05, 0) is 82.2 Å². The molecule has 0 aromatic carbocycles. The minimum atomic E-state index is -0.752. The molecule has 23 heavy (non-hydrogen) atoms. The molecule has 0 amide bonds. The van der Waals surface area contributed by atoms with E-state index in [1.807, 2.05) is 6.92 Å². The molecule has 3 atom stereocenters. The van der Waals surface area contributed by atoms with Gasteiger partial charge in [0.25, 0.3) is 0 Å². The number of piperidine rings is 2. The highest BCUT2D eigenvalue weighted by atomic mass is 32.2. The maximum atomic E-state index is 11.8. The fraction of sp³-hybridized carbons (Fsp3) is 1.00. The maximum absolute atomic E-state index is 11.8. The molecule has 2 aliphatic heterocycles. The summed E-state index contributed by atoms with van der Waals surface area (Å²) in [4.78, 5) is 0. The average Bonchev–Trinajstić information content (AvgIpc) is 3.39. The van der Waals surface area contributed by atoms with Crippen molar-refractivity contribution in [1.29, 1.82) is 0 Å². The van der Waals surface area contributed by atoms with Gasteiger partial charge in [0.05, 0.1) is 0 Å². The van der Waals surface area contributed by atoms with Crippen LogP contribution in [0.15, 0.2) is 0 Å². The van der Waals surface area contributed by atoms with Crippen LogP contribution >= 0.6 is 0 Å². The number of hydrogen-bond donors (Lipinski definition) is 1. The van der Waals surface area contributed by atoms with Gasteiger partial charge in [-0.3, -0.25) is 0 Å². The lowest BCUT2D eigenvalue weighted by atomic mass is 9.91. The van der Waals surface area contributed by atoms with Gasteiger partial charge in [-0.1, -0.05) is 0 Å². The van der Waals surface area contributed by atoms with E-state index in [1.165, 1.54) is 38.8 Å². The Morgan fingerprint density at radius 1 is 1.17 bits per heavy atom. The van der Waals surface area contributed by atoms with Crippen LogP contribution < -0.4 is 5.32 Å². The van der Waals surface area contributed by atoms with Crippen LogP contribution in [0.3, 0.4) is 0 Å². The van der Waals surface area contributed by atoms with Gasteiger partial charge in [-0.15, -0.1) is 4.31 Å². The Hall–Kier alpha value is 0.190. The zero-order valence-electron chi connectivity index (χ0n) is 14.7. The van der Waals surface area contributed by atoms with E-state index in [2.05, 4.69) is 9.62 Å². The van der Waals surface area contributed by atoms with Gasteiger partial charge in [0.2, 0.25) is 0 Å². The molecule has 4 nitrogen and oxygen atoms in total. The predicted octanol–water partition coefficient (Wildman–Crippen LogP) is 2.42. The molecule has 0 spiro atoms. The molecule has 5 heteroatoms. The lowest BCUT2D eigenvalue weighted by Crippen LogP contribution is -2.40. The second-order valence-electron chi connectivity index (χ2n) is 7.59. The van der Waals surface area contributed by atoms with E-state index in [0.717, 1.165) is 62.7 Å². The van der Waals surface area contributed by atoms with E-state index < -0.39 is 11.4 Å². The van der Waals surface area contributed by atoms with Crippen LogP contribution in [-0.4, -0.2) is 54.0 Å². The molecule has 0 aromatic rings. The first-order chi connectivity index (χ1) is 11.3. The van der Waals surface area contributed by atoms with Gasteiger partial charge in [-0.25, -0.2) is 0 Å². The monoisotopic (exact) mass is 342 g/mol. The van der Waals surface area contributed by atoms with Crippen molar-refractivity contribution in [3.63, 3.8) is 0 Å². The van der Waals surface area contributed by atoms with Gasteiger partial charge >= 0.3 is 0 Å². The summed E-state index contributed by atoms with van der Waals surface area (Å²) in [6.07, 6.45) is 7.79. The Balaban J connectivity index is 1.22. The van der Waals surface area contributed by atoms with Crippen LogP contribution in [0.5, 0.6) is 0 Å². The van der Waals surface area contributed by atoms with E-state index in [-0.39, 0.29) is 0 Å². The molecule has 3 fully saturated rings. The maximum Gasteiger partial charge on any atom is 0.123 e. The zero-order valence-corrected chi connectivity index (χ0v) is 15.5. The first-order valence-corrected chi connectivity index (χ1v) is 11.0. The van der Waals surface area contributed by atoms with E-state index in [4.69, 9.17) is 4.74 Å². The van der Waals surface area contributed by atoms with Crippen LogP contribution in [-0.2, 0) is 16.1 Å². The molecule has 0 aromatic heterocycles. The molecule has 1 saturated carbocycles. The molecule has 3 aliphatic rings. The molecule has 2 heterocycles. The third-order valence-electron chi connectivity index (χ3n) is 6.06. The van der Waals surface area contributed by atoms with Crippen molar-refractivity contribution in [3.05, 3.63) is 0 Å². The summed E-state index contributed by atoms with van der Waals surface area (Å²) in [7, 11) is 0. The van der Waals surface area contributed by atoms with Crippen molar-refractivity contribution in [2.75, 3.05) is 45.1 Å². The molecule has 2 saturated heterocycles. The standard InChI is InChI=1S/C18H34N2O2S/c1-2-23(21)20-10-5-15(6-11-20)14-22-12-7-17-13-18(17)16-3-8-19-9-4-16/h15-19H,2-14H2,1H3. The lowest BCUT2D eigenvalue weighted by molar-refractivity contribution is 0.0745. The predicted molar refractivity (Wildman–Crippen MR) is 95.6 cm³/mol. The highest BCUT2D eigenvalue weighted by molar-refractivity contribution is 7.89. The van der Waals surface area contributed by atoms with Crippen LogP contribution in [0.4, 0.5) is 0 Å².